The molecule has 90 valence electrons. The molecular weight excluding hydrogens is 216 g/mol. The van der Waals surface area contributed by atoms with Gasteiger partial charge in [0, 0.05) is 11.4 Å². The summed E-state index contributed by atoms with van der Waals surface area (Å²) >= 11 is 1.31. The molecule has 1 aliphatic heterocycles. The zero-order valence-electron chi connectivity index (χ0n) is 9.47. The van der Waals surface area contributed by atoms with Crippen LogP contribution in [0.2, 0.25) is 0 Å². The molecule has 2 N–H and O–H groups in total. The first kappa shape index (κ1) is 13.3. The fourth-order valence-corrected chi connectivity index (χ4v) is 1.98. The molecule has 5 heteroatoms. The van der Waals surface area contributed by atoms with Crippen molar-refractivity contribution in [3.63, 3.8) is 0 Å². The second-order valence-corrected chi connectivity index (χ2v) is 6.29. The summed E-state index contributed by atoms with van der Waals surface area (Å²) in [6.07, 6.45) is -0.839. The van der Waals surface area contributed by atoms with Gasteiger partial charge in [0.25, 0.3) is 0 Å². The molecule has 0 aromatic carbocycles. The normalized spacial score (nSPS) is 33.0. The maximum absolute atomic E-state index is 9.74. The number of hydrogen-bond donors (Lipinski definition) is 2. The van der Waals surface area contributed by atoms with E-state index >= 15 is 0 Å². The molecule has 0 aromatic rings. The molecule has 1 fully saturated rings. The first-order chi connectivity index (χ1) is 6.94. The SMILES string of the molecule is CC(C)(C)SO[C@H]1[C@H](O)CCO[C@@H]1CO. The van der Waals surface area contributed by atoms with Gasteiger partial charge in [-0.2, -0.15) is 0 Å². The van der Waals surface area contributed by atoms with E-state index in [-0.39, 0.29) is 11.4 Å². The molecule has 0 unspecified atom stereocenters. The topological polar surface area (TPSA) is 58.9 Å². The quantitative estimate of drug-likeness (QED) is 0.715. The Morgan fingerprint density at radius 2 is 2.13 bits per heavy atom. The molecule has 0 aromatic heterocycles. The van der Waals surface area contributed by atoms with Crippen LogP contribution >= 0.6 is 12.0 Å². The van der Waals surface area contributed by atoms with E-state index in [0.29, 0.717) is 13.0 Å². The maximum Gasteiger partial charge on any atom is 0.126 e. The van der Waals surface area contributed by atoms with Gasteiger partial charge < -0.3 is 19.1 Å². The van der Waals surface area contributed by atoms with Gasteiger partial charge in [0.15, 0.2) is 0 Å². The minimum Gasteiger partial charge on any atom is -0.394 e. The van der Waals surface area contributed by atoms with Crippen molar-refractivity contribution in [1.29, 1.82) is 0 Å². The van der Waals surface area contributed by atoms with Crippen molar-refractivity contribution in [3.05, 3.63) is 0 Å². The van der Waals surface area contributed by atoms with Crippen LogP contribution in [0.3, 0.4) is 0 Å². The van der Waals surface area contributed by atoms with Crippen LogP contribution in [0.4, 0.5) is 0 Å². The Balaban J connectivity index is 2.47. The predicted octanol–water partition coefficient (Wildman–Crippen LogP) is 0.960. The van der Waals surface area contributed by atoms with E-state index in [1.54, 1.807) is 0 Å². The molecule has 0 saturated carbocycles. The number of ether oxygens (including phenoxy) is 1. The Kier molecular flexibility index (Phi) is 4.86. The van der Waals surface area contributed by atoms with Crippen molar-refractivity contribution in [3.8, 4) is 0 Å². The molecule has 0 aliphatic carbocycles. The van der Waals surface area contributed by atoms with E-state index in [0.717, 1.165) is 0 Å². The number of hydrogen-bond acceptors (Lipinski definition) is 5. The lowest BCUT2D eigenvalue weighted by Crippen LogP contribution is -2.47. The van der Waals surface area contributed by atoms with E-state index in [2.05, 4.69) is 0 Å². The van der Waals surface area contributed by atoms with Crippen LogP contribution in [-0.2, 0) is 8.92 Å². The van der Waals surface area contributed by atoms with E-state index in [1.807, 2.05) is 20.8 Å². The van der Waals surface area contributed by atoms with Crippen LogP contribution in [-0.4, -0.2) is 46.5 Å². The maximum atomic E-state index is 9.74. The minimum atomic E-state index is -0.550. The predicted molar refractivity (Wildman–Crippen MR) is 59.7 cm³/mol. The van der Waals surface area contributed by atoms with Crippen molar-refractivity contribution in [2.45, 2.75) is 50.3 Å². The molecule has 0 amide bonds. The Morgan fingerprint density at radius 3 is 2.67 bits per heavy atom. The summed E-state index contributed by atoms with van der Waals surface area (Å²) in [6, 6.07) is 0. The average molecular weight is 236 g/mol. The van der Waals surface area contributed by atoms with E-state index in [9.17, 15) is 5.11 Å². The number of rotatable bonds is 3. The standard InChI is InChI=1S/C10H20O4S/c1-10(2,3)15-14-9-7(12)4-5-13-8(9)6-11/h7-9,11-12H,4-6H2,1-3H3/t7-,8-,9+/m1/s1. The fraction of sp³-hybridized carbons (Fsp3) is 1.00. The second-order valence-electron chi connectivity index (χ2n) is 4.70. The van der Waals surface area contributed by atoms with Crippen molar-refractivity contribution >= 4 is 12.0 Å². The lowest BCUT2D eigenvalue weighted by atomic mass is 10.0. The van der Waals surface area contributed by atoms with Gasteiger partial charge in [0.2, 0.25) is 0 Å². The van der Waals surface area contributed by atoms with Gasteiger partial charge in [-0.15, -0.1) is 0 Å². The van der Waals surface area contributed by atoms with Crippen molar-refractivity contribution in [1.82, 2.24) is 0 Å². The van der Waals surface area contributed by atoms with Gasteiger partial charge in [-0.05, 0) is 39.2 Å². The van der Waals surface area contributed by atoms with Crippen molar-refractivity contribution < 1.29 is 19.1 Å². The summed E-state index contributed by atoms with van der Waals surface area (Å²) in [5.74, 6) is 0. The highest BCUT2D eigenvalue weighted by atomic mass is 32.2. The highest BCUT2D eigenvalue weighted by Crippen LogP contribution is 2.30. The largest absolute Gasteiger partial charge is 0.394 e. The zero-order chi connectivity index (χ0) is 11.5. The third kappa shape index (κ3) is 4.28. The molecule has 0 radical (unpaired) electrons. The number of aliphatic hydroxyl groups excluding tert-OH is 2. The van der Waals surface area contributed by atoms with Gasteiger partial charge in [0.05, 0.1) is 12.7 Å². The lowest BCUT2D eigenvalue weighted by molar-refractivity contribution is -0.132. The summed E-state index contributed by atoms with van der Waals surface area (Å²) in [7, 11) is 0. The van der Waals surface area contributed by atoms with Crippen LogP contribution < -0.4 is 0 Å². The van der Waals surface area contributed by atoms with Crippen molar-refractivity contribution in [2.24, 2.45) is 0 Å². The Morgan fingerprint density at radius 1 is 1.47 bits per heavy atom. The monoisotopic (exact) mass is 236 g/mol. The van der Waals surface area contributed by atoms with Crippen LogP contribution in [0.25, 0.3) is 0 Å². The molecule has 1 saturated heterocycles. The zero-order valence-corrected chi connectivity index (χ0v) is 10.3. The molecule has 0 spiro atoms. The Hall–Kier alpha value is 0.190. The average Bonchev–Trinajstić information content (AvgIpc) is 2.14. The summed E-state index contributed by atoms with van der Waals surface area (Å²) < 4.78 is 10.8. The van der Waals surface area contributed by atoms with E-state index in [1.165, 1.54) is 12.0 Å². The third-order valence-electron chi connectivity index (χ3n) is 2.08. The Bertz CT molecular complexity index is 192. The van der Waals surface area contributed by atoms with Crippen LogP contribution in [0.5, 0.6) is 0 Å². The molecule has 3 atom stereocenters. The lowest BCUT2D eigenvalue weighted by Gasteiger charge is -2.35. The van der Waals surface area contributed by atoms with Gasteiger partial charge in [-0.3, -0.25) is 0 Å². The summed E-state index contributed by atoms with van der Waals surface area (Å²) in [5.41, 5.74) is 0. The first-order valence-electron chi connectivity index (χ1n) is 5.19. The van der Waals surface area contributed by atoms with Crippen LogP contribution in [0, 0.1) is 0 Å². The van der Waals surface area contributed by atoms with Gasteiger partial charge >= 0.3 is 0 Å². The van der Waals surface area contributed by atoms with E-state index in [4.69, 9.17) is 14.0 Å². The van der Waals surface area contributed by atoms with Crippen LogP contribution in [0.1, 0.15) is 27.2 Å². The molecule has 1 aliphatic rings. The molecule has 15 heavy (non-hydrogen) atoms. The number of aliphatic hydroxyl groups is 2. The van der Waals surface area contributed by atoms with Gasteiger partial charge in [-0.25, -0.2) is 0 Å². The van der Waals surface area contributed by atoms with Crippen molar-refractivity contribution in [2.75, 3.05) is 13.2 Å². The highest BCUT2D eigenvalue weighted by molar-refractivity contribution is 7.96. The first-order valence-corrected chi connectivity index (χ1v) is 5.93. The summed E-state index contributed by atoms with van der Waals surface area (Å²) in [5, 5.41) is 18.8. The molecule has 4 nitrogen and oxygen atoms in total. The summed E-state index contributed by atoms with van der Waals surface area (Å²) in [4.78, 5) is 0. The Labute approximate surface area is 95.2 Å². The van der Waals surface area contributed by atoms with Crippen LogP contribution in [0.15, 0.2) is 0 Å². The summed E-state index contributed by atoms with van der Waals surface area (Å²) in [6.45, 7) is 6.45. The molecule has 1 rings (SSSR count). The van der Waals surface area contributed by atoms with E-state index < -0.39 is 18.3 Å². The van der Waals surface area contributed by atoms with Gasteiger partial charge in [-0.1, -0.05) is 0 Å². The molecular formula is C10H20O4S. The van der Waals surface area contributed by atoms with Gasteiger partial charge in [0.1, 0.15) is 12.2 Å². The molecule has 1 heterocycles. The smallest absolute Gasteiger partial charge is 0.126 e. The third-order valence-corrected chi connectivity index (χ3v) is 2.90. The fourth-order valence-electron chi connectivity index (χ4n) is 1.33. The highest BCUT2D eigenvalue weighted by Gasteiger charge is 2.35. The second kappa shape index (κ2) is 5.50. The minimum absolute atomic E-state index is 0.0306. The molecule has 0 bridgehead atoms.